The lowest BCUT2D eigenvalue weighted by Gasteiger charge is -2.31. The Morgan fingerprint density at radius 1 is 1.16 bits per heavy atom. The van der Waals surface area contributed by atoms with Crippen LogP contribution < -0.4 is 10.6 Å². The summed E-state index contributed by atoms with van der Waals surface area (Å²) >= 11 is 6.25. The van der Waals surface area contributed by atoms with E-state index in [2.05, 4.69) is 23.1 Å². The number of halogens is 1. The summed E-state index contributed by atoms with van der Waals surface area (Å²) in [6, 6.07) is 14.2. The topological polar surface area (TPSA) is 29.3 Å². The van der Waals surface area contributed by atoms with Gasteiger partial charge in [0.15, 0.2) is 0 Å². The molecule has 0 radical (unpaired) electrons. The summed E-state index contributed by atoms with van der Waals surface area (Å²) in [7, 11) is 0. The lowest BCUT2D eigenvalue weighted by Crippen LogP contribution is -2.28. The Morgan fingerprint density at radius 2 is 2.00 bits per heavy atom. The van der Waals surface area contributed by atoms with Crippen LogP contribution in [0.15, 0.2) is 42.5 Å². The predicted molar refractivity (Wildman–Crippen MR) is 81.7 cm³/mol. The number of hydrogen-bond donors (Lipinski definition) is 1. The van der Waals surface area contributed by atoms with E-state index in [0.29, 0.717) is 0 Å². The average Bonchev–Trinajstić information content (AvgIpc) is 2.41. The van der Waals surface area contributed by atoms with Crippen LogP contribution in [0.2, 0.25) is 5.02 Å². The highest BCUT2D eigenvalue weighted by atomic mass is 35.5. The second-order valence-corrected chi connectivity index (χ2v) is 5.41. The van der Waals surface area contributed by atoms with Crippen molar-refractivity contribution in [2.45, 2.75) is 19.4 Å². The monoisotopic (exact) mass is 272 g/mol. The van der Waals surface area contributed by atoms with Crippen LogP contribution >= 0.6 is 11.6 Å². The van der Waals surface area contributed by atoms with Gasteiger partial charge in [0, 0.05) is 29.5 Å². The standard InChI is InChI=1S/C16H17ClN2/c17-15-6-2-1-4-13(15)11-19-9-3-5-12-10-14(18)7-8-16(12)19/h1-2,4,6-8,10H,3,5,9,11,18H2. The van der Waals surface area contributed by atoms with Gasteiger partial charge in [-0.2, -0.15) is 0 Å². The molecule has 1 aliphatic rings. The van der Waals surface area contributed by atoms with E-state index in [0.717, 1.165) is 30.2 Å². The molecule has 0 aliphatic carbocycles. The van der Waals surface area contributed by atoms with E-state index < -0.39 is 0 Å². The Balaban J connectivity index is 1.90. The SMILES string of the molecule is Nc1ccc2c(c1)CCCN2Cc1ccccc1Cl. The molecule has 0 saturated carbocycles. The summed E-state index contributed by atoms with van der Waals surface area (Å²) in [5, 5.41) is 0.838. The number of hydrogen-bond acceptors (Lipinski definition) is 2. The number of nitrogen functional groups attached to an aromatic ring is 1. The smallest absolute Gasteiger partial charge is 0.0455 e. The third-order valence-electron chi connectivity index (χ3n) is 3.64. The van der Waals surface area contributed by atoms with Gasteiger partial charge in [-0.05, 0) is 48.2 Å². The van der Waals surface area contributed by atoms with Gasteiger partial charge in [-0.15, -0.1) is 0 Å². The van der Waals surface area contributed by atoms with Crippen molar-refractivity contribution in [2.75, 3.05) is 17.2 Å². The van der Waals surface area contributed by atoms with E-state index >= 15 is 0 Å². The van der Waals surface area contributed by atoms with Gasteiger partial charge in [0.2, 0.25) is 0 Å². The molecule has 0 aromatic heterocycles. The summed E-state index contributed by atoms with van der Waals surface area (Å²) in [5.74, 6) is 0. The molecule has 3 rings (SSSR count). The van der Waals surface area contributed by atoms with Gasteiger partial charge < -0.3 is 10.6 Å². The van der Waals surface area contributed by atoms with Gasteiger partial charge in [0.05, 0.1) is 0 Å². The summed E-state index contributed by atoms with van der Waals surface area (Å²) in [4.78, 5) is 2.39. The highest BCUT2D eigenvalue weighted by molar-refractivity contribution is 6.31. The highest BCUT2D eigenvalue weighted by Crippen LogP contribution is 2.31. The van der Waals surface area contributed by atoms with Crippen LogP contribution in [0.5, 0.6) is 0 Å². The van der Waals surface area contributed by atoms with Crippen molar-refractivity contribution in [3.8, 4) is 0 Å². The van der Waals surface area contributed by atoms with Crippen LogP contribution in [-0.2, 0) is 13.0 Å². The van der Waals surface area contributed by atoms with Crippen molar-refractivity contribution >= 4 is 23.0 Å². The first-order valence-corrected chi connectivity index (χ1v) is 6.98. The van der Waals surface area contributed by atoms with Gasteiger partial charge in [0.1, 0.15) is 0 Å². The predicted octanol–water partition coefficient (Wildman–Crippen LogP) is 3.88. The molecule has 0 spiro atoms. The molecule has 2 aromatic carbocycles. The largest absolute Gasteiger partial charge is 0.399 e. The second kappa shape index (κ2) is 5.14. The number of fused-ring (bicyclic) bond motifs is 1. The number of nitrogens with zero attached hydrogens (tertiary/aromatic N) is 1. The fraction of sp³-hybridized carbons (Fsp3) is 0.250. The minimum absolute atomic E-state index is 0.838. The molecule has 2 N–H and O–H groups in total. The number of anilines is 2. The van der Waals surface area contributed by atoms with Crippen molar-refractivity contribution in [1.82, 2.24) is 0 Å². The number of nitrogens with two attached hydrogens (primary N) is 1. The van der Waals surface area contributed by atoms with Crippen LogP contribution in [0.4, 0.5) is 11.4 Å². The lowest BCUT2D eigenvalue weighted by molar-refractivity contribution is 0.691. The van der Waals surface area contributed by atoms with Crippen LogP contribution in [0, 0.1) is 0 Å². The quantitative estimate of drug-likeness (QED) is 0.841. The number of aryl methyl sites for hydroxylation is 1. The Morgan fingerprint density at radius 3 is 2.84 bits per heavy atom. The summed E-state index contributed by atoms with van der Waals surface area (Å²) in [5.41, 5.74) is 10.5. The van der Waals surface area contributed by atoms with Crippen molar-refractivity contribution in [3.63, 3.8) is 0 Å². The number of benzene rings is 2. The molecule has 2 nitrogen and oxygen atoms in total. The van der Waals surface area contributed by atoms with E-state index in [-0.39, 0.29) is 0 Å². The van der Waals surface area contributed by atoms with Gasteiger partial charge in [-0.3, -0.25) is 0 Å². The minimum atomic E-state index is 0.838. The Hall–Kier alpha value is -1.67. The molecule has 0 saturated heterocycles. The molecular formula is C16H17ClN2. The van der Waals surface area contributed by atoms with E-state index in [1.54, 1.807) is 0 Å². The van der Waals surface area contributed by atoms with Crippen molar-refractivity contribution in [1.29, 1.82) is 0 Å². The first kappa shape index (κ1) is 12.4. The molecule has 0 unspecified atom stereocenters. The maximum Gasteiger partial charge on any atom is 0.0455 e. The Bertz CT molecular complexity index is 595. The molecule has 0 fully saturated rings. The first-order chi connectivity index (χ1) is 9.24. The lowest BCUT2D eigenvalue weighted by atomic mass is 10.0. The van der Waals surface area contributed by atoms with Gasteiger partial charge in [-0.1, -0.05) is 29.8 Å². The second-order valence-electron chi connectivity index (χ2n) is 5.00. The molecule has 1 aliphatic heterocycles. The van der Waals surface area contributed by atoms with E-state index in [4.69, 9.17) is 17.3 Å². The minimum Gasteiger partial charge on any atom is -0.399 e. The highest BCUT2D eigenvalue weighted by Gasteiger charge is 2.17. The van der Waals surface area contributed by atoms with Gasteiger partial charge >= 0.3 is 0 Å². The molecule has 0 bridgehead atoms. The maximum atomic E-state index is 6.25. The molecule has 19 heavy (non-hydrogen) atoms. The fourth-order valence-electron chi connectivity index (χ4n) is 2.69. The normalized spacial score (nSPS) is 14.3. The molecule has 3 heteroatoms. The zero-order valence-electron chi connectivity index (χ0n) is 10.8. The van der Waals surface area contributed by atoms with Gasteiger partial charge in [-0.25, -0.2) is 0 Å². The summed E-state index contributed by atoms with van der Waals surface area (Å²) in [6.07, 6.45) is 2.28. The van der Waals surface area contributed by atoms with Crippen molar-refractivity contribution < 1.29 is 0 Å². The van der Waals surface area contributed by atoms with E-state index in [1.165, 1.54) is 23.2 Å². The summed E-state index contributed by atoms with van der Waals surface area (Å²) in [6.45, 7) is 1.93. The van der Waals surface area contributed by atoms with Crippen molar-refractivity contribution in [3.05, 3.63) is 58.6 Å². The van der Waals surface area contributed by atoms with Gasteiger partial charge in [0.25, 0.3) is 0 Å². The molecular weight excluding hydrogens is 256 g/mol. The van der Waals surface area contributed by atoms with E-state index in [1.807, 2.05) is 24.3 Å². The van der Waals surface area contributed by atoms with E-state index in [9.17, 15) is 0 Å². The van der Waals surface area contributed by atoms with Crippen LogP contribution in [0.25, 0.3) is 0 Å². The first-order valence-electron chi connectivity index (χ1n) is 6.61. The molecule has 98 valence electrons. The summed E-state index contributed by atoms with van der Waals surface area (Å²) < 4.78 is 0. The average molecular weight is 273 g/mol. The van der Waals surface area contributed by atoms with Crippen LogP contribution in [-0.4, -0.2) is 6.54 Å². The van der Waals surface area contributed by atoms with Crippen LogP contribution in [0.3, 0.4) is 0 Å². The molecule has 0 atom stereocenters. The third-order valence-corrected chi connectivity index (χ3v) is 4.01. The fourth-order valence-corrected chi connectivity index (χ4v) is 2.89. The maximum absolute atomic E-state index is 6.25. The zero-order valence-corrected chi connectivity index (χ0v) is 11.5. The Kier molecular flexibility index (Phi) is 3.34. The number of rotatable bonds is 2. The molecule has 1 heterocycles. The molecule has 2 aromatic rings. The Labute approximate surface area is 118 Å². The molecule has 0 amide bonds. The van der Waals surface area contributed by atoms with Crippen molar-refractivity contribution in [2.24, 2.45) is 0 Å². The van der Waals surface area contributed by atoms with Crippen LogP contribution in [0.1, 0.15) is 17.5 Å². The zero-order chi connectivity index (χ0) is 13.2. The third kappa shape index (κ3) is 2.54.